The van der Waals surface area contributed by atoms with Gasteiger partial charge in [0.2, 0.25) is 5.91 Å². The van der Waals surface area contributed by atoms with Crippen LogP contribution in [-0.2, 0) is 24.8 Å². The van der Waals surface area contributed by atoms with E-state index in [0.717, 1.165) is 25.2 Å². The Morgan fingerprint density at radius 1 is 1.32 bits per heavy atom. The number of ketones is 1. The van der Waals surface area contributed by atoms with Crippen molar-refractivity contribution in [2.45, 2.75) is 44.9 Å². The van der Waals surface area contributed by atoms with Gasteiger partial charge in [-0.2, -0.15) is 5.10 Å². The van der Waals surface area contributed by atoms with Gasteiger partial charge in [-0.3, -0.25) is 19.2 Å². The normalized spacial score (nSPS) is 17.7. The van der Waals surface area contributed by atoms with E-state index in [9.17, 15) is 14.7 Å². The standard InChI is InChI=1S/C21H29N7O3/c1-14(29)28-9-16(10-28)24-21-7-18(22-13-23-21)20(31)4-3-17(30)11-27-6-5-15-8-26(2)25-19(15)12-27/h7-8,13,16-17,30H,3-6,9-12H2,1-2H3,(H,22,23,24)/t17-/m0/s1. The minimum absolute atomic E-state index is 0.0557. The first-order valence-corrected chi connectivity index (χ1v) is 10.7. The average molecular weight is 428 g/mol. The number of anilines is 1. The molecule has 1 atom stereocenters. The van der Waals surface area contributed by atoms with Gasteiger partial charge in [-0.15, -0.1) is 0 Å². The van der Waals surface area contributed by atoms with Crippen molar-refractivity contribution < 1.29 is 14.7 Å². The number of rotatable bonds is 8. The molecule has 0 bridgehead atoms. The number of carbonyl (C=O) groups excluding carboxylic acids is 2. The van der Waals surface area contributed by atoms with Crippen LogP contribution in [0.1, 0.15) is 41.5 Å². The number of aliphatic hydroxyl groups is 1. The highest BCUT2D eigenvalue weighted by Gasteiger charge is 2.28. The number of hydrogen-bond acceptors (Lipinski definition) is 8. The predicted molar refractivity (Wildman–Crippen MR) is 113 cm³/mol. The topological polar surface area (TPSA) is 116 Å². The monoisotopic (exact) mass is 427 g/mol. The summed E-state index contributed by atoms with van der Waals surface area (Å²) in [6.07, 6.45) is 4.37. The van der Waals surface area contributed by atoms with Gasteiger partial charge in [0.1, 0.15) is 17.8 Å². The van der Waals surface area contributed by atoms with Crippen molar-refractivity contribution in [1.29, 1.82) is 0 Å². The zero-order valence-electron chi connectivity index (χ0n) is 18.0. The number of nitrogens with zero attached hydrogens (tertiary/aromatic N) is 6. The lowest BCUT2D eigenvalue weighted by atomic mass is 10.1. The summed E-state index contributed by atoms with van der Waals surface area (Å²) in [6.45, 7) is 4.94. The van der Waals surface area contributed by atoms with Gasteiger partial charge in [-0.25, -0.2) is 9.97 Å². The van der Waals surface area contributed by atoms with Crippen LogP contribution in [0.5, 0.6) is 0 Å². The van der Waals surface area contributed by atoms with Crippen LogP contribution in [-0.4, -0.2) is 84.7 Å². The van der Waals surface area contributed by atoms with Crippen molar-refractivity contribution in [3.63, 3.8) is 0 Å². The van der Waals surface area contributed by atoms with Crippen molar-refractivity contribution in [3.8, 4) is 0 Å². The molecule has 0 saturated carbocycles. The van der Waals surface area contributed by atoms with Gasteiger partial charge in [0.05, 0.1) is 17.8 Å². The lowest BCUT2D eigenvalue weighted by Gasteiger charge is -2.39. The lowest BCUT2D eigenvalue weighted by Crippen LogP contribution is -2.56. The summed E-state index contributed by atoms with van der Waals surface area (Å²) in [6, 6.07) is 1.77. The van der Waals surface area contributed by atoms with E-state index in [1.165, 1.54) is 11.9 Å². The van der Waals surface area contributed by atoms with Gasteiger partial charge in [0.25, 0.3) is 0 Å². The zero-order valence-corrected chi connectivity index (χ0v) is 18.0. The van der Waals surface area contributed by atoms with Crippen molar-refractivity contribution in [1.82, 2.24) is 29.5 Å². The molecule has 0 spiro atoms. The van der Waals surface area contributed by atoms with Crippen LogP contribution < -0.4 is 5.32 Å². The van der Waals surface area contributed by atoms with Crippen LogP contribution in [0.15, 0.2) is 18.6 Å². The number of aromatic nitrogens is 4. The van der Waals surface area contributed by atoms with E-state index in [4.69, 9.17) is 0 Å². The van der Waals surface area contributed by atoms with Gasteiger partial charge in [0.15, 0.2) is 5.78 Å². The molecule has 1 saturated heterocycles. The number of Topliss-reactive ketones (excluding diaryl/α,β-unsaturated/α-hetero) is 1. The van der Waals surface area contributed by atoms with Crippen molar-refractivity contribution in [2.24, 2.45) is 7.05 Å². The first-order chi connectivity index (χ1) is 14.9. The van der Waals surface area contributed by atoms with E-state index in [2.05, 4.69) is 31.5 Å². The molecule has 1 amide bonds. The number of hydrogen-bond donors (Lipinski definition) is 2. The Morgan fingerprint density at radius 2 is 2.13 bits per heavy atom. The maximum Gasteiger partial charge on any atom is 0.219 e. The van der Waals surface area contributed by atoms with Gasteiger partial charge in [0, 0.05) is 65.4 Å². The molecule has 10 nitrogen and oxygen atoms in total. The summed E-state index contributed by atoms with van der Waals surface area (Å²) in [5, 5.41) is 18.1. The summed E-state index contributed by atoms with van der Waals surface area (Å²) < 4.78 is 1.83. The molecule has 0 aliphatic carbocycles. The minimum Gasteiger partial charge on any atom is -0.392 e. The molecule has 2 aromatic rings. The van der Waals surface area contributed by atoms with Crippen LogP contribution in [0, 0.1) is 0 Å². The molecular formula is C21H29N7O3. The predicted octanol–water partition coefficient (Wildman–Crippen LogP) is 0.235. The number of β-amino-alcohol motifs (C(OH)–C–C–N with tert-alkyl or cyclic N) is 1. The fourth-order valence-corrected chi connectivity index (χ4v) is 4.09. The maximum absolute atomic E-state index is 12.6. The number of nitrogens with one attached hydrogen (secondary N) is 1. The second-order valence-electron chi connectivity index (χ2n) is 8.43. The van der Waals surface area contributed by atoms with Gasteiger partial charge in [-0.1, -0.05) is 0 Å². The van der Waals surface area contributed by atoms with E-state index in [1.54, 1.807) is 17.9 Å². The molecule has 0 aromatic carbocycles. The highest BCUT2D eigenvalue weighted by atomic mass is 16.3. The molecule has 1 fully saturated rings. The van der Waals surface area contributed by atoms with Crippen molar-refractivity contribution in [2.75, 3.05) is 31.5 Å². The minimum atomic E-state index is -0.582. The van der Waals surface area contributed by atoms with Crippen molar-refractivity contribution in [3.05, 3.63) is 35.5 Å². The highest BCUT2D eigenvalue weighted by Crippen LogP contribution is 2.18. The van der Waals surface area contributed by atoms with Gasteiger partial charge < -0.3 is 15.3 Å². The number of aliphatic hydroxyl groups excluding tert-OH is 1. The van der Waals surface area contributed by atoms with E-state index < -0.39 is 6.10 Å². The molecule has 10 heteroatoms. The van der Waals surface area contributed by atoms with Crippen LogP contribution in [0.3, 0.4) is 0 Å². The average Bonchev–Trinajstić information content (AvgIpc) is 3.07. The molecule has 166 valence electrons. The summed E-state index contributed by atoms with van der Waals surface area (Å²) >= 11 is 0. The first-order valence-electron chi connectivity index (χ1n) is 10.7. The third-order valence-corrected chi connectivity index (χ3v) is 5.87. The molecule has 31 heavy (non-hydrogen) atoms. The SMILES string of the molecule is CC(=O)N1CC(Nc2cc(C(=O)CC[C@H](O)CN3CCc4cn(C)nc4C3)ncn2)C1. The Bertz CT molecular complexity index is 954. The number of amides is 1. The Balaban J connectivity index is 1.23. The number of likely N-dealkylation sites (tertiary alicyclic amines) is 1. The van der Waals surface area contributed by atoms with E-state index in [-0.39, 0.29) is 24.2 Å². The van der Waals surface area contributed by atoms with Gasteiger partial charge in [-0.05, 0) is 18.4 Å². The Kier molecular flexibility index (Phi) is 6.28. The fraction of sp³-hybridized carbons (Fsp3) is 0.571. The Morgan fingerprint density at radius 3 is 2.90 bits per heavy atom. The first kappa shape index (κ1) is 21.4. The van der Waals surface area contributed by atoms with Crippen LogP contribution in [0.2, 0.25) is 0 Å². The molecule has 2 aliphatic rings. The summed E-state index contributed by atoms with van der Waals surface area (Å²) in [5.74, 6) is 0.515. The molecular weight excluding hydrogens is 398 g/mol. The van der Waals surface area contributed by atoms with Crippen molar-refractivity contribution >= 4 is 17.5 Å². The molecule has 4 heterocycles. The molecule has 0 radical (unpaired) electrons. The molecule has 2 aromatic heterocycles. The Hall–Kier alpha value is -2.85. The zero-order chi connectivity index (χ0) is 22.0. The fourth-order valence-electron chi connectivity index (χ4n) is 4.09. The van der Waals surface area contributed by atoms with E-state index in [1.807, 2.05) is 11.7 Å². The highest BCUT2D eigenvalue weighted by molar-refractivity contribution is 5.94. The van der Waals surface area contributed by atoms with Gasteiger partial charge >= 0.3 is 0 Å². The second kappa shape index (κ2) is 9.11. The molecule has 2 N–H and O–H groups in total. The molecule has 4 rings (SSSR count). The second-order valence-corrected chi connectivity index (χ2v) is 8.43. The number of carbonyl (C=O) groups is 2. The lowest BCUT2D eigenvalue weighted by molar-refractivity contribution is -0.132. The third-order valence-electron chi connectivity index (χ3n) is 5.87. The quantitative estimate of drug-likeness (QED) is 0.576. The largest absolute Gasteiger partial charge is 0.392 e. The smallest absolute Gasteiger partial charge is 0.219 e. The van der Waals surface area contributed by atoms with E-state index >= 15 is 0 Å². The summed E-state index contributed by atoms with van der Waals surface area (Å²) in [7, 11) is 1.92. The molecule has 2 aliphatic heterocycles. The van der Waals surface area contributed by atoms with Crippen LogP contribution >= 0.6 is 0 Å². The van der Waals surface area contributed by atoms with E-state index in [0.29, 0.717) is 37.6 Å². The Labute approximate surface area is 181 Å². The maximum atomic E-state index is 12.6. The molecule has 0 unspecified atom stereocenters. The third kappa shape index (κ3) is 5.26. The van der Waals surface area contributed by atoms with Crippen LogP contribution in [0.4, 0.5) is 5.82 Å². The van der Waals surface area contributed by atoms with Crippen LogP contribution in [0.25, 0.3) is 0 Å². The number of aryl methyl sites for hydroxylation is 1. The summed E-state index contributed by atoms with van der Waals surface area (Å²) in [5.41, 5.74) is 2.67. The number of fused-ring (bicyclic) bond motifs is 1. The summed E-state index contributed by atoms with van der Waals surface area (Å²) in [4.78, 5) is 36.0.